The Bertz CT molecular complexity index is 1570. The topological polar surface area (TPSA) is 75.5 Å². The summed E-state index contributed by atoms with van der Waals surface area (Å²) in [6.07, 6.45) is -1.95. The summed E-state index contributed by atoms with van der Waals surface area (Å²) in [6, 6.07) is 9.90. The second-order valence-corrected chi connectivity index (χ2v) is 8.24. The molecule has 4 aromatic rings. The normalized spacial score (nSPS) is 13.1. The van der Waals surface area contributed by atoms with E-state index in [0.29, 0.717) is 17.0 Å². The van der Waals surface area contributed by atoms with Crippen LogP contribution in [0.25, 0.3) is 17.1 Å². The molecule has 0 bridgehead atoms. The zero-order chi connectivity index (χ0) is 26.3. The number of halogens is 5. The highest BCUT2D eigenvalue weighted by molar-refractivity contribution is 5.80. The van der Waals surface area contributed by atoms with Gasteiger partial charge in [0.2, 0.25) is 0 Å². The largest absolute Gasteiger partial charge is 0.497 e. The van der Waals surface area contributed by atoms with E-state index in [1.807, 2.05) is 0 Å². The number of ether oxygens (including phenoxy) is 1. The number of hydrogen-bond acceptors (Lipinski definition) is 5. The Kier molecular flexibility index (Phi) is 6.02. The van der Waals surface area contributed by atoms with Crippen molar-refractivity contribution in [2.75, 3.05) is 7.11 Å². The number of alkyl halides is 3. The molecule has 0 atom stereocenters. The van der Waals surface area contributed by atoms with E-state index in [1.165, 1.54) is 55.9 Å². The van der Waals surface area contributed by atoms with Crippen molar-refractivity contribution in [1.29, 1.82) is 0 Å². The summed E-state index contributed by atoms with van der Waals surface area (Å²) in [7, 11) is 1.26. The summed E-state index contributed by atoms with van der Waals surface area (Å²) in [5, 5.41) is 5.87. The van der Waals surface area contributed by atoms with Crippen molar-refractivity contribution in [2.24, 2.45) is 5.10 Å². The number of H-pyrrole nitrogens is 1. The molecule has 2 aromatic carbocycles. The molecular weight excluding hydrogens is 497 g/mol. The molecule has 190 valence electrons. The third-order valence-corrected chi connectivity index (χ3v) is 5.82. The van der Waals surface area contributed by atoms with Gasteiger partial charge in [-0.05, 0) is 42.0 Å². The lowest BCUT2D eigenvalue weighted by Gasteiger charge is -2.21. The van der Waals surface area contributed by atoms with Gasteiger partial charge in [0.1, 0.15) is 11.6 Å². The average molecular weight is 515 g/mol. The molecule has 0 saturated carbocycles. The number of rotatable bonds is 5. The average Bonchev–Trinajstić information content (AvgIpc) is 3.28. The Morgan fingerprint density at radius 3 is 2.65 bits per heavy atom. The van der Waals surface area contributed by atoms with Gasteiger partial charge in [-0.2, -0.15) is 18.3 Å². The summed E-state index contributed by atoms with van der Waals surface area (Å²) in [5.74, 6) is -1.84. The number of methoxy groups -OCH3 is 1. The minimum absolute atomic E-state index is 0.0183. The van der Waals surface area contributed by atoms with Crippen LogP contribution in [0.1, 0.15) is 22.5 Å². The smallest absolute Gasteiger partial charge is 0.418 e. The lowest BCUT2D eigenvalue weighted by molar-refractivity contribution is -0.137. The molecule has 0 radical (unpaired) electrons. The summed E-state index contributed by atoms with van der Waals surface area (Å²) >= 11 is 0. The van der Waals surface area contributed by atoms with Gasteiger partial charge in [-0.1, -0.05) is 6.07 Å². The summed E-state index contributed by atoms with van der Waals surface area (Å²) in [6.45, 7) is 0.371. The van der Waals surface area contributed by atoms with E-state index < -0.39 is 28.9 Å². The second kappa shape index (κ2) is 9.19. The van der Waals surface area contributed by atoms with Crippen molar-refractivity contribution in [3.8, 4) is 22.8 Å². The van der Waals surface area contributed by atoms with E-state index in [4.69, 9.17) is 4.74 Å². The molecule has 7 nitrogen and oxygen atoms in total. The molecule has 0 saturated heterocycles. The molecule has 1 aliphatic rings. The number of aromatic nitrogens is 3. The molecular formula is C25H18F5N5O2. The van der Waals surface area contributed by atoms with Gasteiger partial charge in [-0.15, -0.1) is 0 Å². The number of pyridine rings is 1. The third-order valence-electron chi connectivity index (χ3n) is 5.82. The van der Waals surface area contributed by atoms with E-state index in [9.17, 15) is 26.7 Å². The van der Waals surface area contributed by atoms with Gasteiger partial charge >= 0.3 is 6.18 Å². The fourth-order valence-electron chi connectivity index (χ4n) is 4.02. The fourth-order valence-corrected chi connectivity index (χ4v) is 4.02. The summed E-state index contributed by atoms with van der Waals surface area (Å²) < 4.78 is 74.4. The Morgan fingerprint density at radius 2 is 1.92 bits per heavy atom. The lowest BCUT2D eigenvalue weighted by Crippen LogP contribution is -2.24. The second-order valence-electron chi connectivity index (χ2n) is 8.24. The number of hydrazone groups is 1. The van der Waals surface area contributed by atoms with Gasteiger partial charge in [0, 0.05) is 12.3 Å². The number of hydrogen-bond donors (Lipinski definition) is 1. The monoisotopic (exact) mass is 515 g/mol. The first-order valence-corrected chi connectivity index (χ1v) is 10.9. The number of nitrogens with zero attached hydrogens (tertiary/aromatic N) is 4. The van der Waals surface area contributed by atoms with Crippen molar-refractivity contribution in [3.05, 3.63) is 99.2 Å². The molecule has 0 amide bonds. The first-order chi connectivity index (χ1) is 17.6. The van der Waals surface area contributed by atoms with Crippen molar-refractivity contribution in [3.63, 3.8) is 0 Å². The van der Waals surface area contributed by atoms with Crippen LogP contribution in [-0.2, 0) is 19.3 Å². The number of nitrogens with one attached hydrogen (secondary N) is 1. The van der Waals surface area contributed by atoms with E-state index in [2.05, 4.69) is 15.1 Å². The Hall–Kier alpha value is -4.48. The van der Waals surface area contributed by atoms with Gasteiger partial charge in [0.05, 0.1) is 54.6 Å². The predicted molar refractivity (Wildman–Crippen MR) is 124 cm³/mol. The standard InChI is InChI=1S/C25H18F5N5O2/c1-37-15-5-6-21(17(10-15)25(28,29)30)35-8-7-14(9-22(35)36)12-34-13-20-19(11-31-34)32-24(33-20)16-3-2-4-18(26)23(16)27/h2-11H,12-13H2,1H3,(H,32,33). The molecule has 2 aromatic heterocycles. The van der Waals surface area contributed by atoms with E-state index in [-0.39, 0.29) is 35.9 Å². The van der Waals surface area contributed by atoms with Crippen LogP contribution in [0.3, 0.4) is 0 Å². The van der Waals surface area contributed by atoms with Gasteiger partial charge in [-0.3, -0.25) is 14.4 Å². The summed E-state index contributed by atoms with van der Waals surface area (Å²) in [5.41, 5.74) is -0.415. The van der Waals surface area contributed by atoms with Crippen LogP contribution >= 0.6 is 0 Å². The van der Waals surface area contributed by atoms with Crippen molar-refractivity contribution >= 4 is 6.21 Å². The minimum atomic E-state index is -4.70. The number of aromatic amines is 1. The van der Waals surface area contributed by atoms with Crippen LogP contribution in [0, 0.1) is 11.6 Å². The quantitative estimate of drug-likeness (QED) is 0.385. The number of fused-ring (bicyclic) bond motifs is 1. The maximum atomic E-state index is 14.2. The third kappa shape index (κ3) is 4.69. The molecule has 0 fully saturated rings. The fraction of sp³-hybridized carbons (Fsp3) is 0.160. The van der Waals surface area contributed by atoms with Gasteiger partial charge in [-0.25, -0.2) is 13.8 Å². The van der Waals surface area contributed by atoms with E-state index in [1.54, 1.807) is 5.01 Å². The van der Waals surface area contributed by atoms with E-state index in [0.717, 1.165) is 16.7 Å². The highest BCUT2D eigenvalue weighted by atomic mass is 19.4. The minimum Gasteiger partial charge on any atom is -0.497 e. The van der Waals surface area contributed by atoms with Crippen molar-refractivity contribution < 1.29 is 26.7 Å². The van der Waals surface area contributed by atoms with Crippen molar-refractivity contribution in [2.45, 2.75) is 19.3 Å². The maximum Gasteiger partial charge on any atom is 0.418 e. The molecule has 1 aliphatic heterocycles. The highest BCUT2D eigenvalue weighted by Gasteiger charge is 2.35. The molecule has 37 heavy (non-hydrogen) atoms. The summed E-state index contributed by atoms with van der Waals surface area (Å²) in [4.78, 5) is 20.0. The number of benzene rings is 2. The molecule has 1 N–H and O–H groups in total. The Morgan fingerprint density at radius 1 is 1.11 bits per heavy atom. The lowest BCUT2D eigenvalue weighted by atomic mass is 10.1. The van der Waals surface area contributed by atoms with Crippen LogP contribution in [0.5, 0.6) is 5.75 Å². The first kappa shape index (κ1) is 24.2. The molecule has 0 aliphatic carbocycles. The van der Waals surface area contributed by atoms with Gasteiger partial charge in [0.25, 0.3) is 5.56 Å². The van der Waals surface area contributed by atoms with E-state index >= 15 is 0 Å². The van der Waals surface area contributed by atoms with Crippen LogP contribution in [0.4, 0.5) is 22.0 Å². The highest BCUT2D eigenvalue weighted by Crippen LogP contribution is 2.36. The Labute approximate surface area is 206 Å². The molecule has 0 unspecified atom stereocenters. The van der Waals surface area contributed by atoms with Crippen LogP contribution < -0.4 is 10.3 Å². The van der Waals surface area contributed by atoms with Gasteiger partial charge in [0.15, 0.2) is 11.6 Å². The van der Waals surface area contributed by atoms with Gasteiger partial charge < -0.3 is 9.72 Å². The maximum absolute atomic E-state index is 14.2. The van der Waals surface area contributed by atoms with Crippen LogP contribution in [-0.4, -0.2) is 32.9 Å². The Balaban J connectivity index is 1.37. The zero-order valence-electron chi connectivity index (χ0n) is 19.2. The first-order valence-electron chi connectivity index (χ1n) is 10.9. The molecule has 0 spiro atoms. The number of imidazole rings is 1. The van der Waals surface area contributed by atoms with Crippen molar-refractivity contribution in [1.82, 2.24) is 19.5 Å². The molecule has 12 heteroatoms. The zero-order valence-corrected chi connectivity index (χ0v) is 19.2. The van der Waals surface area contributed by atoms with Crippen LogP contribution in [0.2, 0.25) is 0 Å². The molecule has 3 heterocycles. The SMILES string of the molecule is COc1ccc(-n2ccc(CN3Cc4nc(-c5cccc(F)c5F)[nH]c4C=N3)cc2=O)c(C(F)(F)F)c1. The predicted octanol–water partition coefficient (Wildman–Crippen LogP) is 4.88. The molecule has 5 rings (SSSR count). The van der Waals surface area contributed by atoms with Crippen LogP contribution in [0.15, 0.2) is 64.6 Å².